The molecule has 2 aromatic rings. The van der Waals surface area contributed by atoms with Gasteiger partial charge >= 0.3 is 6.03 Å². The summed E-state index contributed by atoms with van der Waals surface area (Å²) in [4.78, 5) is 32.2. The average Bonchev–Trinajstić information content (AvgIpc) is 3.14. The lowest BCUT2D eigenvalue weighted by Crippen LogP contribution is -2.49. The van der Waals surface area contributed by atoms with E-state index in [-0.39, 0.29) is 36.5 Å². The number of aromatic nitrogens is 2. The summed E-state index contributed by atoms with van der Waals surface area (Å²) in [7, 11) is 1.58. The van der Waals surface area contributed by atoms with Crippen LogP contribution in [0, 0.1) is 12.4 Å². The molecule has 0 fully saturated rings. The van der Waals surface area contributed by atoms with Crippen LogP contribution in [0.2, 0.25) is 0 Å². The number of fused-ring (bicyclic) bond motifs is 3. The van der Waals surface area contributed by atoms with Crippen molar-refractivity contribution in [1.29, 1.82) is 0 Å². The van der Waals surface area contributed by atoms with Gasteiger partial charge in [0.25, 0.3) is 12.3 Å². The van der Waals surface area contributed by atoms with Crippen LogP contribution in [0.15, 0.2) is 18.2 Å². The first-order valence-corrected chi connectivity index (χ1v) is 10.7. The molecule has 3 amide bonds. The number of anilines is 1. The molecule has 0 bridgehead atoms. The van der Waals surface area contributed by atoms with Crippen LogP contribution in [-0.2, 0) is 24.2 Å². The molecule has 0 spiro atoms. The monoisotopic (exact) mass is 476 g/mol. The highest BCUT2D eigenvalue weighted by Crippen LogP contribution is 2.30. The van der Waals surface area contributed by atoms with Crippen LogP contribution in [0.3, 0.4) is 0 Å². The van der Waals surface area contributed by atoms with E-state index in [1.165, 1.54) is 17.0 Å². The maximum absolute atomic E-state index is 13.6. The summed E-state index contributed by atoms with van der Waals surface area (Å²) >= 11 is 0. The number of hydrogen-bond donors (Lipinski definition) is 1. The largest absolute Gasteiger partial charge is 0.373 e. The summed E-state index contributed by atoms with van der Waals surface area (Å²) in [6, 6.07) is 2.63. The number of halogens is 3. The molecule has 1 aromatic heterocycles. The van der Waals surface area contributed by atoms with Gasteiger partial charge < -0.3 is 19.9 Å². The highest BCUT2D eigenvalue weighted by Gasteiger charge is 2.39. The maximum Gasteiger partial charge on any atom is 0.322 e. The lowest BCUT2D eigenvalue weighted by molar-refractivity contribution is -0.00905. The molecule has 4 rings (SSSR count). The molecule has 2 aliphatic heterocycles. The minimum atomic E-state index is -2.58. The van der Waals surface area contributed by atoms with Crippen LogP contribution in [0.25, 0.3) is 4.85 Å². The number of nitrogens with zero attached hydrogens (tertiary/aromatic N) is 5. The fourth-order valence-electron chi connectivity index (χ4n) is 4.22. The molecule has 0 radical (unpaired) electrons. The van der Waals surface area contributed by atoms with E-state index < -0.39 is 30.9 Å². The molecule has 1 N–H and O–H groups in total. The number of urea groups is 1. The summed E-state index contributed by atoms with van der Waals surface area (Å²) in [6.07, 6.45) is -2.16. The molecule has 3 heterocycles. The van der Waals surface area contributed by atoms with Crippen molar-refractivity contribution in [2.24, 2.45) is 0 Å². The molecule has 1 aromatic carbocycles. The van der Waals surface area contributed by atoms with Crippen molar-refractivity contribution < 1.29 is 27.5 Å². The predicted molar refractivity (Wildman–Crippen MR) is 115 cm³/mol. The molecule has 2 unspecified atom stereocenters. The zero-order valence-electron chi connectivity index (χ0n) is 18.6. The van der Waals surface area contributed by atoms with E-state index in [9.17, 15) is 22.8 Å². The summed E-state index contributed by atoms with van der Waals surface area (Å²) in [6.45, 7) is 8.58. The van der Waals surface area contributed by atoms with E-state index in [0.717, 1.165) is 6.07 Å². The zero-order chi connectivity index (χ0) is 24.6. The SMILES string of the molecule is [C-]#[N+]c1cc(NC(=O)N2Cc3c(nn4c3C(=O)N(C)C(COCC(F)F)C4)CC2C)ccc1F. The van der Waals surface area contributed by atoms with Gasteiger partial charge in [0.05, 0.1) is 38.0 Å². The number of carbonyl (C=O) groups is 2. The van der Waals surface area contributed by atoms with E-state index in [4.69, 9.17) is 11.3 Å². The van der Waals surface area contributed by atoms with Crippen LogP contribution in [0.5, 0.6) is 0 Å². The van der Waals surface area contributed by atoms with Crippen molar-refractivity contribution in [2.75, 3.05) is 25.6 Å². The number of amides is 3. The number of rotatable bonds is 5. The van der Waals surface area contributed by atoms with Gasteiger partial charge in [0, 0.05) is 30.8 Å². The van der Waals surface area contributed by atoms with E-state index >= 15 is 0 Å². The van der Waals surface area contributed by atoms with Gasteiger partial charge in [-0.25, -0.2) is 22.8 Å². The maximum atomic E-state index is 13.6. The number of hydrogen-bond acceptors (Lipinski definition) is 4. The molecule has 0 saturated carbocycles. The van der Waals surface area contributed by atoms with Crippen LogP contribution in [-0.4, -0.2) is 70.3 Å². The van der Waals surface area contributed by atoms with E-state index in [2.05, 4.69) is 15.3 Å². The number of nitrogens with one attached hydrogen (secondary N) is 1. The Kier molecular flexibility index (Phi) is 6.47. The van der Waals surface area contributed by atoms with Gasteiger partial charge in [-0.05, 0) is 25.1 Å². The van der Waals surface area contributed by atoms with Gasteiger partial charge in [-0.2, -0.15) is 5.10 Å². The quantitative estimate of drug-likeness (QED) is 0.672. The average molecular weight is 476 g/mol. The second-order valence-corrected chi connectivity index (χ2v) is 8.34. The molecule has 34 heavy (non-hydrogen) atoms. The first-order valence-electron chi connectivity index (χ1n) is 10.7. The van der Waals surface area contributed by atoms with Gasteiger partial charge in [-0.3, -0.25) is 9.48 Å². The lowest BCUT2D eigenvalue weighted by Gasteiger charge is -2.35. The lowest BCUT2D eigenvalue weighted by atomic mass is 9.98. The minimum Gasteiger partial charge on any atom is -0.373 e. The molecular weight excluding hydrogens is 453 g/mol. The molecule has 9 nitrogen and oxygen atoms in total. The van der Waals surface area contributed by atoms with Crippen LogP contribution < -0.4 is 5.32 Å². The Labute approximate surface area is 193 Å². The molecular formula is C22H23F3N6O3. The Morgan fingerprint density at radius 3 is 2.88 bits per heavy atom. The summed E-state index contributed by atoms with van der Waals surface area (Å²) in [5.41, 5.74) is 1.80. The van der Waals surface area contributed by atoms with E-state index in [1.807, 2.05) is 6.92 Å². The topological polar surface area (TPSA) is 84.1 Å². The molecule has 180 valence electrons. The van der Waals surface area contributed by atoms with Gasteiger partial charge in [-0.1, -0.05) is 0 Å². The van der Waals surface area contributed by atoms with Crippen molar-refractivity contribution in [3.8, 4) is 0 Å². The fraction of sp³-hybridized carbons (Fsp3) is 0.455. The second kappa shape index (κ2) is 9.34. The van der Waals surface area contributed by atoms with Crippen molar-refractivity contribution in [2.45, 2.75) is 44.9 Å². The van der Waals surface area contributed by atoms with Crippen LogP contribution >= 0.6 is 0 Å². The summed E-state index contributed by atoms with van der Waals surface area (Å²) in [5.74, 6) is -0.989. The van der Waals surface area contributed by atoms with Crippen molar-refractivity contribution >= 4 is 23.3 Å². The highest BCUT2D eigenvalue weighted by molar-refractivity contribution is 5.96. The number of carbonyl (C=O) groups excluding carboxylic acids is 2. The first kappa shape index (κ1) is 23.6. The molecule has 0 saturated heterocycles. The first-order chi connectivity index (χ1) is 16.2. The summed E-state index contributed by atoms with van der Waals surface area (Å²) in [5, 5.41) is 7.25. The zero-order valence-corrected chi connectivity index (χ0v) is 18.6. The van der Waals surface area contributed by atoms with Crippen molar-refractivity contribution in [3.05, 3.63) is 52.4 Å². The molecule has 0 aliphatic carbocycles. The van der Waals surface area contributed by atoms with Gasteiger partial charge in [-0.15, -0.1) is 0 Å². The van der Waals surface area contributed by atoms with E-state index in [0.29, 0.717) is 29.9 Å². The Bertz CT molecular complexity index is 1160. The molecule has 12 heteroatoms. The molecule has 2 atom stereocenters. The number of alkyl halides is 2. The second-order valence-electron chi connectivity index (χ2n) is 8.34. The Hall–Kier alpha value is -3.59. The third-order valence-electron chi connectivity index (χ3n) is 6.07. The third-order valence-corrected chi connectivity index (χ3v) is 6.07. The van der Waals surface area contributed by atoms with Crippen molar-refractivity contribution in [1.82, 2.24) is 19.6 Å². The number of ether oxygens (including phenoxy) is 1. The predicted octanol–water partition coefficient (Wildman–Crippen LogP) is 3.29. The standard InChI is InChI=1S/C22H23F3N6O3/c1-12-6-17-15(9-30(12)22(33)27-13-4-5-16(23)18(7-13)26-2)20-21(32)29(3)14(8-31(20)28-17)10-34-11-19(24)25/h4-5,7,12,14,19H,6,8-11H2,1,3H3,(H,27,33). The van der Waals surface area contributed by atoms with E-state index in [1.54, 1.807) is 16.6 Å². The smallest absolute Gasteiger partial charge is 0.322 e. The third kappa shape index (κ3) is 4.43. The number of benzene rings is 1. The fourth-order valence-corrected chi connectivity index (χ4v) is 4.22. The summed E-state index contributed by atoms with van der Waals surface area (Å²) < 4.78 is 45.0. The Morgan fingerprint density at radius 2 is 2.18 bits per heavy atom. The highest BCUT2D eigenvalue weighted by atomic mass is 19.3. The van der Waals surface area contributed by atoms with Crippen molar-refractivity contribution in [3.63, 3.8) is 0 Å². The Morgan fingerprint density at radius 1 is 1.41 bits per heavy atom. The molecule has 2 aliphatic rings. The van der Waals surface area contributed by atoms with Gasteiger partial charge in [0.15, 0.2) is 0 Å². The number of likely N-dealkylation sites (N-methyl/N-ethyl adjacent to an activating group) is 1. The normalized spacial score (nSPS) is 19.6. The van der Waals surface area contributed by atoms with Gasteiger partial charge in [0.1, 0.15) is 18.1 Å². The van der Waals surface area contributed by atoms with Crippen LogP contribution in [0.1, 0.15) is 28.7 Å². The van der Waals surface area contributed by atoms with Crippen LogP contribution in [0.4, 0.5) is 29.3 Å². The minimum absolute atomic E-state index is 0.0360. The Balaban J connectivity index is 1.52. The van der Waals surface area contributed by atoms with Gasteiger partial charge in [0.2, 0.25) is 5.69 Å².